The lowest BCUT2D eigenvalue weighted by atomic mass is 9.99. The molecule has 2 aromatic rings. The Labute approximate surface area is 257 Å². The summed E-state index contributed by atoms with van der Waals surface area (Å²) in [5, 5.41) is 0. The number of benzene rings is 1. The molecule has 1 aromatic heterocycles. The van der Waals surface area contributed by atoms with E-state index in [4.69, 9.17) is 4.74 Å². The van der Waals surface area contributed by atoms with E-state index in [9.17, 15) is 22.8 Å². The molecule has 0 atom stereocenters. The number of hydrogen-bond donors (Lipinski definition) is 0. The molecular weight excluding hydrogens is 551 g/mol. The Kier molecular flexibility index (Phi) is 16.7. The first-order chi connectivity index (χ1) is 20.6. The molecule has 0 N–H and O–H groups in total. The fourth-order valence-electron chi connectivity index (χ4n) is 5.99. The molecule has 0 spiro atoms. The fraction of sp³-hybridized carbons (Fsp3) is 0.667. The van der Waals surface area contributed by atoms with Gasteiger partial charge in [0.15, 0.2) is 5.78 Å². The molecule has 242 valence electrons. The van der Waals surface area contributed by atoms with Crippen molar-refractivity contribution in [3.63, 3.8) is 0 Å². The Morgan fingerprint density at radius 2 is 1.23 bits per heavy atom. The summed E-state index contributed by atoms with van der Waals surface area (Å²) in [6.45, 7) is 6.38. The molecule has 0 unspecified atom stereocenters. The molecule has 0 amide bonds. The number of alkyl halides is 3. The molecule has 0 saturated carbocycles. The molecule has 43 heavy (non-hydrogen) atoms. The summed E-state index contributed by atoms with van der Waals surface area (Å²) < 4.78 is 45.9. The van der Waals surface area contributed by atoms with Crippen molar-refractivity contribution in [3.05, 3.63) is 57.9 Å². The van der Waals surface area contributed by atoms with Gasteiger partial charge in [-0.15, -0.1) is 0 Å². The quantitative estimate of drug-likeness (QED) is 0.0762. The van der Waals surface area contributed by atoms with Gasteiger partial charge in [0, 0.05) is 29.9 Å². The Morgan fingerprint density at radius 3 is 1.70 bits per heavy atom. The molecule has 2 rings (SSSR count). The molecule has 4 nitrogen and oxygen atoms in total. The van der Waals surface area contributed by atoms with Gasteiger partial charge in [0.2, 0.25) is 0 Å². The van der Waals surface area contributed by atoms with Gasteiger partial charge in [-0.1, -0.05) is 109 Å². The SMILES string of the molecule is CCCCCCCCCCCCCCCCCC(=O)c1c(C)c(CCC(=O)OC)n(Cc2ccc(C(F)(F)F)cc2)c1C. The second kappa shape index (κ2) is 19.7. The van der Waals surface area contributed by atoms with Crippen molar-refractivity contribution in [2.24, 2.45) is 0 Å². The van der Waals surface area contributed by atoms with Crippen LogP contribution in [-0.4, -0.2) is 23.4 Å². The molecule has 1 heterocycles. The van der Waals surface area contributed by atoms with Gasteiger partial charge in [-0.3, -0.25) is 9.59 Å². The van der Waals surface area contributed by atoms with Crippen molar-refractivity contribution in [2.45, 2.75) is 149 Å². The highest BCUT2D eigenvalue weighted by molar-refractivity contribution is 5.99. The average molecular weight is 606 g/mol. The number of hydrogen-bond acceptors (Lipinski definition) is 3. The van der Waals surface area contributed by atoms with Crippen LogP contribution in [0.25, 0.3) is 0 Å². The Hall–Kier alpha value is -2.57. The minimum Gasteiger partial charge on any atom is -0.469 e. The molecule has 1 aromatic carbocycles. The van der Waals surface area contributed by atoms with Gasteiger partial charge in [0.05, 0.1) is 19.1 Å². The second-order valence-electron chi connectivity index (χ2n) is 12.0. The van der Waals surface area contributed by atoms with Crippen LogP contribution in [0.1, 0.15) is 155 Å². The number of aromatic nitrogens is 1. The zero-order valence-electron chi connectivity index (χ0n) is 27.1. The monoisotopic (exact) mass is 605 g/mol. The number of carbonyl (C=O) groups excluding carboxylic acids is 2. The largest absolute Gasteiger partial charge is 0.469 e. The van der Waals surface area contributed by atoms with E-state index in [0.29, 0.717) is 30.5 Å². The smallest absolute Gasteiger partial charge is 0.416 e. The van der Waals surface area contributed by atoms with E-state index in [1.54, 1.807) is 0 Å². The normalized spacial score (nSPS) is 11.7. The van der Waals surface area contributed by atoms with Crippen LogP contribution in [0, 0.1) is 13.8 Å². The summed E-state index contributed by atoms with van der Waals surface area (Å²) in [7, 11) is 1.34. The van der Waals surface area contributed by atoms with Crippen LogP contribution in [-0.2, 0) is 28.7 Å². The van der Waals surface area contributed by atoms with Crippen molar-refractivity contribution in [2.75, 3.05) is 7.11 Å². The first kappa shape index (κ1) is 36.6. The van der Waals surface area contributed by atoms with Gasteiger partial charge in [0.25, 0.3) is 0 Å². The van der Waals surface area contributed by atoms with Gasteiger partial charge in [-0.2, -0.15) is 13.2 Å². The minimum absolute atomic E-state index is 0.0928. The second-order valence-corrected chi connectivity index (χ2v) is 12.0. The maximum atomic E-state index is 13.4. The van der Waals surface area contributed by atoms with Gasteiger partial charge >= 0.3 is 12.1 Å². The number of Topliss-reactive ketones (excluding diaryl/α,β-unsaturated/α-hetero) is 1. The van der Waals surface area contributed by atoms with Crippen molar-refractivity contribution < 1.29 is 27.5 Å². The summed E-state index contributed by atoms with van der Waals surface area (Å²) >= 11 is 0. The van der Waals surface area contributed by atoms with Crippen molar-refractivity contribution in [1.82, 2.24) is 4.57 Å². The summed E-state index contributed by atoms with van der Waals surface area (Å²) in [5.41, 5.74) is 3.18. The molecule has 0 fully saturated rings. The van der Waals surface area contributed by atoms with Crippen LogP contribution in [0.3, 0.4) is 0 Å². The van der Waals surface area contributed by atoms with E-state index >= 15 is 0 Å². The topological polar surface area (TPSA) is 48.3 Å². The van der Waals surface area contributed by atoms with Crippen LogP contribution in [0.2, 0.25) is 0 Å². The average Bonchev–Trinajstić information content (AvgIpc) is 3.21. The van der Waals surface area contributed by atoms with E-state index in [1.807, 2.05) is 18.4 Å². The third-order valence-corrected chi connectivity index (χ3v) is 8.60. The first-order valence-corrected chi connectivity index (χ1v) is 16.5. The zero-order chi connectivity index (χ0) is 31.7. The molecule has 0 bridgehead atoms. The lowest BCUT2D eigenvalue weighted by molar-refractivity contribution is -0.140. The molecule has 0 aliphatic heterocycles. The predicted molar refractivity (Wildman–Crippen MR) is 169 cm³/mol. The van der Waals surface area contributed by atoms with Crippen LogP contribution in [0.4, 0.5) is 13.2 Å². The number of halogens is 3. The number of methoxy groups -OCH3 is 1. The van der Waals surface area contributed by atoms with Crippen LogP contribution < -0.4 is 0 Å². The number of ether oxygens (including phenoxy) is 1. The highest BCUT2D eigenvalue weighted by Crippen LogP contribution is 2.30. The number of rotatable bonds is 22. The highest BCUT2D eigenvalue weighted by Gasteiger charge is 2.30. The summed E-state index contributed by atoms with van der Waals surface area (Å²) in [6.07, 6.45) is 15.7. The Morgan fingerprint density at radius 1 is 0.744 bits per heavy atom. The minimum atomic E-state index is -4.39. The van der Waals surface area contributed by atoms with Crippen molar-refractivity contribution >= 4 is 11.8 Å². The molecule has 0 radical (unpaired) electrons. The zero-order valence-corrected chi connectivity index (χ0v) is 27.1. The summed E-state index contributed by atoms with van der Waals surface area (Å²) in [4.78, 5) is 25.2. The number of ketones is 1. The van der Waals surface area contributed by atoms with Gasteiger partial charge < -0.3 is 9.30 Å². The third-order valence-electron chi connectivity index (χ3n) is 8.60. The lowest BCUT2D eigenvalue weighted by Crippen LogP contribution is -2.11. The summed E-state index contributed by atoms with van der Waals surface area (Å²) in [5.74, 6) is -0.250. The van der Waals surface area contributed by atoms with E-state index in [-0.39, 0.29) is 18.2 Å². The molecular formula is C36H54F3NO3. The third kappa shape index (κ3) is 12.9. The van der Waals surface area contributed by atoms with E-state index in [2.05, 4.69) is 6.92 Å². The van der Waals surface area contributed by atoms with Gasteiger partial charge in [-0.05, 0) is 49.9 Å². The maximum Gasteiger partial charge on any atom is 0.416 e. The Balaban J connectivity index is 1.85. The standard InChI is InChI=1S/C36H54F3NO3/c1-5-6-7-8-9-10-11-12-13-14-15-16-17-18-19-20-33(41)35-28(2)32(25-26-34(42)43-4)40(29(35)3)27-30-21-23-31(24-22-30)36(37,38)39/h21-24H,5-20,25-27H2,1-4H3. The molecule has 0 aliphatic rings. The van der Waals surface area contributed by atoms with Gasteiger partial charge in [0.1, 0.15) is 0 Å². The van der Waals surface area contributed by atoms with E-state index in [0.717, 1.165) is 48.3 Å². The van der Waals surface area contributed by atoms with Crippen LogP contribution >= 0.6 is 0 Å². The van der Waals surface area contributed by atoms with Crippen molar-refractivity contribution in [1.29, 1.82) is 0 Å². The van der Waals surface area contributed by atoms with E-state index in [1.165, 1.54) is 96.3 Å². The number of unbranched alkanes of at least 4 members (excludes halogenated alkanes) is 14. The molecule has 0 saturated heterocycles. The summed E-state index contributed by atoms with van der Waals surface area (Å²) in [6, 6.07) is 5.10. The predicted octanol–water partition coefficient (Wildman–Crippen LogP) is 10.7. The number of nitrogens with zero attached hydrogens (tertiary/aromatic N) is 1. The Bertz CT molecular complexity index is 1100. The fourth-order valence-corrected chi connectivity index (χ4v) is 5.99. The van der Waals surface area contributed by atoms with Crippen molar-refractivity contribution in [3.8, 4) is 0 Å². The maximum absolute atomic E-state index is 13.4. The highest BCUT2D eigenvalue weighted by atomic mass is 19.4. The lowest BCUT2D eigenvalue weighted by Gasteiger charge is -2.14. The number of carbonyl (C=O) groups is 2. The number of esters is 1. The van der Waals surface area contributed by atoms with E-state index < -0.39 is 11.7 Å². The van der Waals surface area contributed by atoms with Crippen LogP contribution in [0.5, 0.6) is 0 Å². The van der Waals surface area contributed by atoms with Crippen LogP contribution in [0.15, 0.2) is 24.3 Å². The molecule has 0 aliphatic carbocycles. The first-order valence-electron chi connectivity index (χ1n) is 16.5. The molecule has 7 heteroatoms. The van der Waals surface area contributed by atoms with Gasteiger partial charge in [-0.25, -0.2) is 0 Å².